The minimum absolute atomic E-state index is 0.526. The summed E-state index contributed by atoms with van der Waals surface area (Å²) in [5, 5.41) is 9.72. The lowest BCUT2D eigenvalue weighted by Gasteiger charge is -1.97. The summed E-state index contributed by atoms with van der Waals surface area (Å²) >= 11 is 1.61. The second-order valence-electron chi connectivity index (χ2n) is 5.98. The SMILES string of the molecule is c1ncc2cc(-c3ncc4cc(-c5ccn6nncc6c5)sc4n3)oc2n1. The number of pyridine rings is 1. The van der Waals surface area contributed by atoms with Crippen molar-refractivity contribution >= 4 is 38.2 Å². The van der Waals surface area contributed by atoms with Gasteiger partial charge in [-0.2, -0.15) is 0 Å². The summed E-state index contributed by atoms with van der Waals surface area (Å²) < 4.78 is 7.48. The van der Waals surface area contributed by atoms with E-state index in [9.17, 15) is 0 Å². The van der Waals surface area contributed by atoms with Gasteiger partial charge in [0.2, 0.25) is 5.71 Å². The van der Waals surface area contributed by atoms with Crippen LogP contribution in [0, 0.1) is 0 Å². The quantitative estimate of drug-likeness (QED) is 0.459. The molecule has 0 radical (unpaired) electrons. The first-order valence-electron chi connectivity index (χ1n) is 8.10. The van der Waals surface area contributed by atoms with Crippen LogP contribution < -0.4 is 0 Å². The van der Waals surface area contributed by atoms with Gasteiger partial charge < -0.3 is 4.42 Å². The van der Waals surface area contributed by atoms with Crippen molar-refractivity contribution in [3.63, 3.8) is 0 Å². The highest BCUT2D eigenvalue weighted by atomic mass is 32.1. The molecule has 0 atom stereocenters. The Morgan fingerprint density at radius 2 is 2.00 bits per heavy atom. The third-order valence-electron chi connectivity index (χ3n) is 4.28. The molecule has 0 saturated heterocycles. The number of thiophene rings is 1. The zero-order valence-electron chi connectivity index (χ0n) is 13.6. The van der Waals surface area contributed by atoms with Crippen LogP contribution >= 0.6 is 11.3 Å². The van der Waals surface area contributed by atoms with Crippen LogP contribution in [-0.2, 0) is 0 Å². The largest absolute Gasteiger partial charge is 0.434 e. The van der Waals surface area contributed by atoms with E-state index >= 15 is 0 Å². The summed E-state index contributed by atoms with van der Waals surface area (Å²) in [7, 11) is 0. The van der Waals surface area contributed by atoms with Crippen LogP contribution in [0.5, 0.6) is 0 Å². The Morgan fingerprint density at radius 3 is 2.96 bits per heavy atom. The van der Waals surface area contributed by atoms with E-state index in [2.05, 4.69) is 42.4 Å². The molecule has 0 spiro atoms. The number of furan rings is 1. The first kappa shape index (κ1) is 14.4. The van der Waals surface area contributed by atoms with Crippen LogP contribution in [0.1, 0.15) is 0 Å². The predicted octanol–water partition coefficient (Wildman–Crippen LogP) is 3.60. The number of hydrogen-bond acceptors (Lipinski definition) is 8. The number of fused-ring (bicyclic) bond motifs is 3. The number of rotatable bonds is 2. The monoisotopic (exact) mass is 371 g/mol. The van der Waals surface area contributed by atoms with Crippen LogP contribution in [-0.4, -0.2) is 34.8 Å². The molecule has 0 saturated carbocycles. The van der Waals surface area contributed by atoms with Gasteiger partial charge in [0, 0.05) is 28.9 Å². The fourth-order valence-corrected chi connectivity index (χ4v) is 3.97. The molecule has 27 heavy (non-hydrogen) atoms. The molecule has 6 aromatic rings. The maximum absolute atomic E-state index is 5.75. The molecule has 0 aliphatic carbocycles. The van der Waals surface area contributed by atoms with Gasteiger partial charge in [0.15, 0.2) is 11.6 Å². The minimum Gasteiger partial charge on any atom is -0.434 e. The summed E-state index contributed by atoms with van der Waals surface area (Å²) in [6, 6.07) is 8.00. The second kappa shape index (κ2) is 5.39. The number of aromatic nitrogens is 7. The molecule has 0 aliphatic rings. The van der Waals surface area contributed by atoms with Crippen molar-refractivity contribution < 1.29 is 4.42 Å². The van der Waals surface area contributed by atoms with Crippen molar-refractivity contribution in [2.75, 3.05) is 0 Å². The maximum Gasteiger partial charge on any atom is 0.229 e. The van der Waals surface area contributed by atoms with Gasteiger partial charge in [0.05, 0.1) is 17.1 Å². The molecule has 128 valence electrons. The van der Waals surface area contributed by atoms with Crippen molar-refractivity contribution in [2.45, 2.75) is 0 Å². The van der Waals surface area contributed by atoms with Crippen molar-refractivity contribution in [3.05, 3.63) is 55.4 Å². The van der Waals surface area contributed by atoms with Crippen LogP contribution in [0.2, 0.25) is 0 Å². The molecular weight excluding hydrogens is 362 g/mol. The van der Waals surface area contributed by atoms with Crippen molar-refractivity contribution in [1.82, 2.24) is 34.8 Å². The molecule has 6 heterocycles. The lowest BCUT2D eigenvalue weighted by Crippen LogP contribution is -1.85. The molecule has 6 rings (SSSR count). The Labute approximate surface area is 155 Å². The van der Waals surface area contributed by atoms with Gasteiger partial charge in [0.1, 0.15) is 11.2 Å². The third kappa shape index (κ3) is 2.29. The zero-order valence-corrected chi connectivity index (χ0v) is 14.5. The highest BCUT2D eigenvalue weighted by molar-refractivity contribution is 7.21. The normalized spacial score (nSPS) is 11.7. The Bertz CT molecular complexity index is 1420. The van der Waals surface area contributed by atoms with E-state index in [1.807, 2.05) is 24.5 Å². The molecule has 0 fully saturated rings. The van der Waals surface area contributed by atoms with E-state index in [0.29, 0.717) is 17.3 Å². The number of hydrogen-bond donors (Lipinski definition) is 0. The van der Waals surface area contributed by atoms with E-state index in [4.69, 9.17) is 4.42 Å². The Morgan fingerprint density at radius 1 is 1.00 bits per heavy atom. The minimum atomic E-state index is 0.526. The van der Waals surface area contributed by atoms with E-state index in [0.717, 1.165) is 31.6 Å². The first-order valence-corrected chi connectivity index (χ1v) is 8.92. The van der Waals surface area contributed by atoms with E-state index in [-0.39, 0.29) is 0 Å². The molecule has 0 bridgehead atoms. The van der Waals surface area contributed by atoms with Gasteiger partial charge in [0.25, 0.3) is 0 Å². The summed E-state index contributed by atoms with van der Waals surface area (Å²) in [5.74, 6) is 1.11. The van der Waals surface area contributed by atoms with Gasteiger partial charge >= 0.3 is 0 Å². The van der Waals surface area contributed by atoms with Crippen LogP contribution in [0.25, 0.3) is 48.9 Å². The molecule has 6 aromatic heterocycles. The Hall–Kier alpha value is -3.72. The fraction of sp³-hybridized carbons (Fsp3) is 0. The molecule has 0 aliphatic heterocycles. The molecule has 0 N–H and O–H groups in total. The van der Waals surface area contributed by atoms with Crippen molar-refractivity contribution in [1.29, 1.82) is 0 Å². The van der Waals surface area contributed by atoms with E-state index in [1.54, 1.807) is 28.2 Å². The van der Waals surface area contributed by atoms with Crippen LogP contribution in [0.4, 0.5) is 0 Å². The molecule has 0 unspecified atom stereocenters. The average molecular weight is 371 g/mol. The summed E-state index contributed by atoms with van der Waals surface area (Å²) in [5.41, 5.74) is 2.56. The molecule has 0 aromatic carbocycles. The second-order valence-corrected chi connectivity index (χ2v) is 7.01. The molecular formula is C18H9N7OS. The molecule has 9 heteroatoms. The average Bonchev–Trinajstić information content (AvgIpc) is 3.42. The lowest BCUT2D eigenvalue weighted by molar-refractivity contribution is 0.612. The van der Waals surface area contributed by atoms with Crippen LogP contribution in [0.15, 0.2) is 59.8 Å². The van der Waals surface area contributed by atoms with E-state index in [1.165, 1.54) is 6.33 Å². The third-order valence-corrected chi connectivity index (χ3v) is 5.37. The Balaban J connectivity index is 1.46. The van der Waals surface area contributed by atoms with Crippen molar-refractivity contribution in [3.8, 4) is 22.0 Å². The lowest BCUT2D eigenvalue weighted by atomic mass is 10.2. The van der Waals surface area contributed by atoms with Gasteiger partial charge in [-0.25, -0.2) is 24.5 Å². The Kier molecular flexibility index (Phi) is 2.88. The topological polar surface area (TPSA) is 94.9 Å². The smallest absolute Gasteiger partial charge is 0.229 e. The summed E-state index contributed by atoms with van der Waals surface area (Å²) in [4.78, 5) is 19.2. The fourth-order valence-electron chi connectivity index (χ4n) is 2.97. The maximum atomic E-state index is 5.75. The van der Waals surface area contributed by atoms with Gasteiger partial charge in [-0.1, -0.05) is 5.21 Å². The van der Waals surface area contributed by atoms with Crippen molar-refractivity contribution in [2.24, 2.45) is 0 Å². The van der Waals surface area contributed by atoms with Gasteiger partial charge in [-0.3, -0.25) is 0 Å². The highest BCUT2D eigenvalue weighted by Gasteiger charge is 2.13. The van der Waals surface area contributed by atoms with Crippen LogP contribution in [0.3, 0.4) is 0 Å². The molecule has 8 nitrogen and oxygen atoms in total. The zero-order chi connectivity index (χ0) is 17.8. The standard InChI is InChI=1S/C18H9N7OS/c1-2-25-13(8-22-24-25)3-10(1)15-5-12-7-20-16(23-18(12)27-15)14-4-11-6-19-9-21-17(11)26-14/h1-9H. The number of nitrogens with zero attached hydrogens (tertiary/aromatic N) is 7. The van der Waals surface area contributed by atoms with Gasteiger partial charge in [-0.05, 0) is 29.8 Å². The van der Waals surface area contributed by atoms with Gasteiger partial charge in [-0.15, -0.1) is 16.4 Å². The summed E-state index contributed by atoms with van der Waals surface area (Å²) in [6.45, 7) is 0. The van der Waals surface area contributed by atoms with E-state index < -0.39 is 0 Å². The first-order chi connectivity index (χ1) is 13.3. The highest BCUT2D eigenvalue weighted by Crippen LogP contribution is 2.34. The summed E-state index contributed by atoms with van der Waals surface area (Å²) in [6.07, 6.45) is 8.61. The predicted molar refractivity (Wildman–Crippen MR) is 100 cm³/mol. The molecule has 0 amide bonds.